The molecule has 1 aromatic heterocycles. The number of sulfonamides is 1. The van der Waals surface area contributed by atoms with Crippen molar-refractivity contribution in [2.24, 2.45) is 5.41 Å². The van der Waals surface area contributed by atoms with Gasteiger partial charge in [-0.1, -0.05) is 6.92 Å². The van der Waals surface area contributed by atoms with Gasteiger partial charge in [0.25, 0.3) is 0 Å². The highest BCUT2D eigenvalue weighted by atomic mass is 32.2. The number of hydrogen-bond acceptors (Lipinski definition) is 4. The summed E-state index contributed by atoms with van der Waals surface area (Å²) < 4.78 is 26.3. The predicted molar refractivity (Wildman–Crippen MR) is 82.7 cm³/mol. The lowest BCUT2D eigenvalue weighted by atomic mass is 10.0. The Bertz CT molecular complexity index is 588. The highest BCUT2D eigenvalue weighted by Gasteiger charge is 2.40. The first-order valence-electron chi connectivity index (χ1n) is 7.76. The molecule has 6 heteroatoms. The standard InChI is InChI=1S/C15H23N3O2S/c1-2-15(7-8-15)12-17-14-6-5-13(11-16-14)21(19,20)18-9-3-4-10-18/h5-6,11H,2-4,7-10,12H2,1H3,(H,16,17). The third kappa shape index (κ3) is 3.06. The topological polar surface area (TPSA) is 62.3 Å². The van der Waals surface area contributed by atoms with Gasteiger partial charge in [0.15, 0.2) is 0 Å². The van der Waals surface area contributed by atoms with E-state index in [1.807, 2.05) is 0 Å². The molecule has 0 aromatic carbocycles. The Kier molecular flexibility index (Phi) is 3.92. The fourth-order valence-corrected chi connectivity index (χ4v) is 4.29. The van der Waals surface area contributed by atoms with Crippen molar-refractivity contribution in [3.63, 3.8) is 0 Å². The van der Waals surface area contributed by atoms with Crippen LogP contribution < -0.4 is 5.32 Å². The van der Waals surface area contributed by atoms with E-state index in [9.17, 15) is 8.42 Å². The lowest BCUT2D eigenvalue weighted by Crippen LogP contribution is -2.28. The summed E-state index contributed by atoms with van der Waals surface area (Å²) in [5.74, 6) is 0.759. The smallest absolute Gasteiger partial charge is 0.244 e. The summed E-state index contributed by atoms with van der Waals surface area (Å²) in [4.78, 5) is 4.56. The second-order valence-electron chi connectivity index (χ2n) is 6.20. The molecule has 0 spiro atoms. The summed E-state index contributed by atoms with van der Waals surface area (Å²) in [6, 6.07) is 3.43. The zero-order chi connectivity index (χ0) is 14.9. The Labute approximate surface area is 126 Å². The van der Waals surface area contributed by atoms with Crippen molar-refractivity contribution in [3.05, 3.63) is 18.3 Å². The van der Waals surface area contributed by atoms with Gasteiger partial charge in [0.2, 0.25) is 10.0 Å². The van der Waals surface area contributed by atoms with E-state index in [4.69, 9.17) is 0 Å². The highest BCUT2D eigenvalue weighted by Crippen LogP contribution is 2.48. The van der Waals surface area contributed by atoms with Crippen LogP contribution in [0.1, 0.15) is 39.0 Å². The van der Waals surface area contributed by atoms with Crippen LogP contribution in [0.3, 0.4) is 0 Å². The summed E-state index contributed by atoms with van der Waals surface area (Å²) >= 11 is 0. The van der Waals surface area contributed by atoms with Crippen molar-refractivity contribution in [2.75, 3.05) is 25.0 Å². The summed E-state index contributed by atoms with van der Waals surface area (Å²) in [5, 5.41) is 3.33. The van der Waals surface area contributed by atoms with Crippen molar-refractivity contribution < 1.29 is 8.42 Å². The van der Waals surface area contributed by atoms with E-state index in [2.05, 4.69) is 17.2 Å². The molecule has 2 aliphatic rings. The molecule has 1 saturated carbocycles. The second-order valence-corrected chi connectivity index (χ2v) is 8.14. The molecule has 0 bridgehead atoms. The zero-order valence-electron chi connectivity index (χ0n) is 12.5. The third-order valence-electron chi connectivity index (χ3n) is 4.79. The van der Waals surface area contributed by atoms with Crippen molar-refractivity contribution in [3.8, 4) is 0 Å². The molecule has 21 heavy (non-hydrogen) atoms. The number of hydrogen-bond donors (Lipinski definition) is 1. The van der Waals surface area contributed by atoms with E-state index in [0.717, 1.165) is 25.2 Å². The molecule has 5 nitrogen and oxygen atoms in total. The van der Waals surface area contributed by atoms with E-state index in [-0.39, 0.29) is 0 Å². The monoisotopic (exact) mass is 309 g/mol. The Balaban J connectivity index is 1.66. The maximum atomic E-state index is 12.4. The third-order valence-corrected chi connectivity index (χ3v) is 6.67. The first kappa shape index (κ1) is 14.8. The maximum Gasteiger partial charge on any atom is 0.244 e. The Morgan fingerprint density at radius 3 is 2.52 bits per heavy atom. The molecule has 0 atom stereocenters. The van der Waals surface area contributed by atoms with E-state index >= 15 is 0 Å². The number of nitrogens with zero attached hydrogens (tertiary/aromatic N) is 2. The van der Waals surface area contributed by atoms with Gasteiger partial charge >= 0.3 is 0 Å². The molecule has 2 heterocycles. The van der Waals surface area contributed by atoms with Crippen LogP contribution in [0.2, 0.25) is 0 Å². The largest absolute Gasteiger partial charge is 0.370 e. The highest BCUT2D eigenvalue weighted by molar-refractivity contribution is 7.89. The molecule has 116 valence electrons. The minimum atomic E-state index is -3.35. The molecule has 0 radical (unpaired) electrons. The number of nitrogens with one attached hydrogen (secondary N) is 1. The molecule has 3 rings (SSSR count). The van der Waals surface area contributed by atoms with Crippen LogP contribution in [0.5, 0.6) is 0 Å². The fraction of sp³-hybridized carbons (Fsp3) is 0.667. The quantitative estimate of drug-likeness (QED) is 0.877. The van der Waals surface area contributed by atoms with Gasteiger partial charge in [0.05, 0.1) is 0 Å². The average molecular weight is 309 g/mol. The molecule has 1 aliphatic heterocycles. The van der Waals surface area contributed by atoms with Crippen molar-refractivity contribution in [2.45, 2.75) is 43.9 Å². The van der Waals surface area contributed by atoms with E-state index in [1.54, 1.807) is 16.4 Å². The first-order chi connectivity index (χ1) is 10.1. The molecule has 1 N–H and O–H groups in total. The normalized spacial score (nSPS) is 21.4. The van der Waals surface area contributed by atoms with Crippen LogP contribution in [0, 0.1) is 5.41 Å². The SMILES string of the molecule is CCC1(CNc2ccc(S(=O)(=O)N3CCCC3)cn2)CC1. The molecule has 0 amide bonds. The molecule has 1 saturated heterocycles. The summed E-state index contributed by atoms with van der Waals surface area (Å²) in [6.45, 7) is 4.39. The molecule has 1 aliphatic carbocycles. The van der Waals surface area contributed by atoms with Gasteiger partial charge in [-0.25, -0.2) is 13.4 Å². The lowest BCUT2D eigenvalue weighted by Gasteiger charge is -2.16. The molecular formula is C15H23N3O2S. The zero-order valence-corrected chi connectivity index (χ0v) is 13.3. The Morgan fingerprint density at radius 2 is 2.00 bits per heavy atom. The van der Waals surface area contributed by atoms with Gasteiger partial charge in [0, 0.05) is 25.8 Å². The molecule has 1 aromatic rings. The van der Waals surface area contributed by atoms with Gasteiger partial charge < -0.3 is 5.32 Å². The number of aromatic nitrogens is 1. The summed E-state index contributed by atoms with van der Waals surface area (Å²) in [6.07, 6.45) is 7.11. The van der Waals surface area contributed by atoms with E-state index in [1.165, 1.54) is 25.5 Å². The van der Waals surface area contributed by atoms with Crippen molar-refractivity contribution >= 4 is 15.8 Å². The predicted octanol–water partition coefficient (Wildman–Crippen LogP) is 2.47. The maximum absolute atomic E-state index is 12.4. The molecule has 2 fully saturated rings. The molecular weight excluding hydrogens is 286 g/mol. The number of anilines is 1. The first-order valence-corrected chi connectivity index (χ1v) is 9.20. The van der Waals surface area contributed by atoms with Gasteiger partial charge in [0.1, 0.15) is 10.7 Å². The van der Waals surface area contributed by atoms with Gasteiger partial charge in [-0.05, 0) is 49.7 Å². The minimum Gasteiger partial charge on any atom is -0.370 e. The second kappa shape index (κ2) is 5.57. The van der Waals surface area contributed by atoms with E-state index < -0.39 is 10.0 Å². The lowest BCUT2D eigenvalue weighted by molar-refractivity contribution is 0.477. The van der Waals surface area contributed by atoms with Crippen molar-refractivity contribution in [1.82, 2.24) is 9.29 Å². The number of rotatable bonds is 6. The van der Waals surface area contributed by atoms with Gasteiger partial charge in [-0.2, -0.15) is 4.31 Å². The van der Waals surface area contributed by atoms with Crippen LogP contribution >= 0.6 is 0 Å². The average Bonchev–Trinajstić information content (AvgIpc) is 3.06. The van der Waals surface area contributed by atoms with Crippen LogP contribution in [0.4, 0.5) is 5.82 Å². The van der Waals surface area contributed by atoms with Crippen LogP contribution in [-0.4, -0.2) is 37.3 Å². The van der Waals surface area contributed by atoms with Crippen LogP contribution in [0.15, 0.2) is 23.2 Å². The minimum absolute atomic E-state index is 0.298. The Hall–Kier alpha value is -1.14. The van der Waals surface area contributed by atoms with Gasteiger partial charge in [-0.15, -0.1) is 0 Å². The van der Waals surface area contributed by atoms with E-state index in [0.29, 0.717) is 23.4 Å². The van der Waals surface area contributed by atoms with Gasteiger partial charge in [-0.3, -0.25) is 0 Å². The fourth-order valence-electron chi connectivity index (χ4n) is 2.83. The summed E-state index contributed by atoms with van der Waals surface area (Å²) in [5.41, 5.74) is 0.446. The molecule has 0 unspecified atom stereocenters. The van der Waals surface area contributed by atoms with Crippen LogP contribution in [-0.2, 0) is 10.0 Å². The number of pyridine rings is 1. The Morgan fingerprint density at radius 1 is 1.29 bits per heavy atom. The summed E-state index contributed by atoms with van der Waals surface area (Å²) in [7, 11) is -3.35. The van der Waals surface area contributed by atoms with Crippen molar-refractivity contribution in [1.29, 1.82) is 0 Å². The van der Waals surface area contributed by atoms with Crippen LogP contribution in [0.25, 0.3) is 0 Å².